The SMILES string of the molecule is CCCn1nnnc1COC(=O)c1ccc(OCCC(C)C)c(OC)c1. The molecule has 0 bridgehead atoms. The number of hydrogen-bond donors (Lipinski definition) is 0. The first kappa shape index (κ1) is 19.7. The Bertz CT molecular complexity index is 715. The zero-order valence-electron chi connectivity index (χ0n) is 15.8. The quantitative estimate of drug-likeness (QED) is 0.600. The highest BCUT2D eigenvalue weighted by atomic mass is 16.5. The third-order valence-electron chi connectivity index (χ3n) is 3.73. The predicted molar refractivity (Wildman–Crippen MR) is 95.2 cm³/mol. The molecule has 0 aliphatic rings. The number of aryl methyl sites for hydroxylation is 1. The first-order valence-electron chi connectivity index (χ1n) is 8.78. The lowest BCUT2D eigenvalue weighted by atomic mass is 10.1. The van der Waals surface area contributed by atoms with Crippen molar-refractivity contribution in [1.29, 1.82) is 0 Å². The van der Waals surface area contributed by atoms with Crippen LogP contribution in [0.1, 0.15) is 49.8 Å². The summed E-state index contributed by atoms with van der Waals surface area (Å²) < 4.78 is 18.0. The van der Waals surface area contributed by atoms with Gasteiger partial charge in [0.05, 0.1) is 19.3 Å². The fraction of sp³-hybridized carbons (Fsp3) is 0.556. The maximum absolute atomic E-state index is 12.3. The van der Waals surface area contributed by atoms with E-state index in [0.29, 0.717) is 42.0 Å². The molecule has 0 saturated carbocycles. The lowest BCUT2D eigenvalue weighted by Crippen LogP contribution is -2.11. The summed E-state index contributed by atoms with van der Waals surface area (Å²) >= 11 is 0. The monoisotopic (exact) mass is 362 g/mol. The largest absolute Gasteiger partial charge is 0.493 e. The Morgan fingerprint density at radius 3 is 2.77 bits per heavy atom. The summed E-state index contributed by atoms with van der Waals surface area (Å²) in [6.07, 6.45) is 1.83. The first-order valence-corrected chi connectivity index (χ1v) is 8.78. The zero-order chi connectivity index (χ0) is 18.9. The third kappa shape index (κ3) is 5.44. The number of esters is 1. The molecule has 0 fully saturated rings. The van der Waals surface area contributed by atoms with Crippen molar-refractivity contribution in [1.82, 2.24) is 20.2 Å². The van der Waals surface area contributed by atoms with E-state index in [1.54, 1.807) is 30.0 Å². The maximum Gasteiger partial charge on any atom is 0.338 e. The molecule has 1 aromatic heterocycles. The van der Waals surface area contributed by atoms with Crippen molar-refractivity contribution in [2.75, 3.05) is 13.7 Å². The Morgan fingerprint density at radius 1 is 1.27 bits per heavy atom. The Labute approximate surface area is 153 Å². The molecule has 0 N–H and O–H groups in total. The van der Waals surface area contributed by atoms with E-state index in [0.717, 1.165) is 12.8 Å². The van der Waals surface area contributed by atoms with Gasteiger partial charge in [-0.05, 0) is 47.4 Å². The lowest BCUT2D eigenvalue weighted by molar-refractivity contribution is 0.0456. The second-order valence-electron chi connectivity index (χ2n) is 6.29. The van der Waals surface area contributed by atoms with Crippen molar-refractivity contribution in [3.05, 3.63) is 29.6 Å². The van der Waals surface area contributed by atoms with E-state index in [2.05, 4.69) is 29.4 Å². The van der Waals surface area contributed by atoms with E-state index < -0.39 is 5.97 Å². The first-order chi connectivity index (χ1) is 12.5. The fourth-order valence-corrected chi connectivity index (χ4v) is 2.24. The smallest absolute Gasteiger partial charge is 0.338 e. The van der Waals surface area contributed by atoms with Gasteiger partial charge in [0.25, 0.3) is 0 Å². The van der Waals surface area contributed by atoms with Crippen molar-refractivity contribution in [3.63, 3.8) is 0 Å². The highest BCUT2D eigenvalue weighted by molar-refractivity contribution is 5.90. The minimum Gasteiger partial charge on any atom is -0.493 e. The van der Waals surface area contributed by atoms with Crippen LogP contribution in [-0.4, -0.2) is 39.9 Å². The van der Waals surface area contributed by atoms with Crippen molar-refractivity contribution >= 4 is 5.97 Å². The summed E-state index contributed by atoms with van der Waals surface area (Å²) in [4.78, 5) is 12.3. The Morgan fingerprint density at radius 2 is 2.08 bits per heavy atom. The number of benzene rings is 1. The second kappa shape index (κ2) is 9.74. The molecule has 0 unspecified atom stereocenters. The summed E-state index contributed by atoms with van der Waals surface area (Å²) in [5.41, 5.74) is 0.382. The summed E-state index contributed by atoms with van der Waals surface area (Å²) in [6.45, 7) is 7.58. The van der Waals surface area contributed by atoms with Gasteiger partial charge in [-0.3, -0.25) is 0 Å². The van der Waals surface area contributed by atoms with Crippen LogP contribution in [-0.2, 0) is 17.9 Å². The standard InChI is InChI=1S/C18H26N4O4/c1-5-9-22-17(19-20-21-22)12-26-18(23)14-6-7-15(16(11-14)24-4)25-10-8-13(2)3/h6-7,11,13H,5,8-10,12H2,1-4H3. The van der Waals surface area contributed by atoms with Gasteiger partial charge in [0.15, 0.2) is 23.9 Å². The van der Waals surface area contributed by atoms with E-state index in [-0.39, 0.29) is 6.61 Å². The van der Waals surface area contributed by atoms with Crippen LogP contribution in [0.2, 0.25) is 0 Å². The van der Waals surface area contributed by atoms with Crippen molar-refractivity contribution in [2.45, 2.75) is 46.8 Å². The van der Waals surface area contributed by atoms with Gasteiger partial charge >= 0.3 is 5.97 Å². The fourth-order valence-electron chi connectivity index (χ4n) is 2.24. The number of nitrogens with zero attached hydrogens (tertiary/aromatic N) is 4. The number of carbonyl (C=O) groups is 1. The lowest BCUT2D eigenvalue weighted by Gasteiger charge is -2.13. The van der Waals surface area contributed by atoms with Crippen LogP contribution in [0.25, 0.3) is 0 Å². The van der Waals surface area contributed by atoms with E-state index >= 15 is 0 Å². The van der Waals surface area contributed by atoms with Crippen LogP contribution in [0.15, 0.2) is 18.2 Å². The number of aromatic nitrogens is 4. The normalized spacial score (nSPS) is 10.8. The molecule has 0 radical (unpaired) electrons. The van der Waals surface area contributed by atoms with Gasteiger partial charge in [0.2, 0.25) is 0 Å². The van der Waals surface area contributed by atoms with Gasteiger partial charge in [-0.15, -0.1) is 5.10 Å². The number of tetrazole rings is 1. The van der Waals surface area contributed by atoms with Crippen LogP contribution in [0.3, 0.4) is 0 Å². The number of rotatable bonds is 10. The van der Waals surface area contributed by atoms with Gasteiger partial charge in [0, 0.05) is 6.54 Å². The molecular weight excluding hydrogens is 336 g/mol. The molecule has 1 aromatic carbocycles. The molecule has 0 spiro atoms. The van der Waals surface area contributed by atoms with Crippen LogP contribution in [0, 0.1) is 5.92 Å². The van der Waals surface area contributed by atoms with Crippen molar-refractivity contribution in [2.24, 2.45) is 5.92 Å². The topological polar surface area (TPSA) is 88.4 Å². The maximum atomic E-state index is 12.3. The van der Waals surface area contributed by atoms with Gasteiger partial charge in [-0.2, -0.15) is 0 Å². The Kier molecular flexibility index (Phi) is 7.37. The summed E-state index contributed by atoms with van der Waals surface area (Å²) in [6, 6.07) is 4.99. The van der Waals surface area contributed by atoms with E-state index in [4.69, 9.17) is 14.2 Å². The molecule has 0 amide bonds. The van der Waals surface area contributed by atoms with Crippen LogP contribution in [0.5, 0.6) is 11.5 Å². The molecule has 0 aliphatic heterocycles. The minimum atomic E-state index is -0.469. The van der Waals surface area contributed by atoms with Crippen LogP contribution in [0.4, 0.5) is 0 Å². The molecule has 0 aliphatic carbocycles. The average Bonchev–Trinajstić information content (AvgIpc) is 3.07. The molecule has 1 heterocycles. The highest BCUT2D eigenvalue weighted by Crippen LogP contribution is 2.28. The number of methoxy groups -OCH3 is 1. The molecule has 8 heteroatoms. The molecule has 8 nitrogen and oxygen atoms in total. The number of ether oxygens (including phenoxy) is 3. The molecular formula is C18H26N4O4. The summed E-state index contributed by atoms with van der Waals surface area (Å²) in [7, 11) is 1.54. The zero-order valence-corrected chi connectivity index (χ0v) is 15.8. The van der Waals surface area contributed by atoms with Crippen molar-refractivity contribution < 1.29 is 19.0 Å². The Balaban J connectivity index is 1.98. The van der Waals surface area contributed by atoms with E-state index in [1.165, 1.54) is 0 Å². The summed E-state index contributed by atoms with van der Waals surface area (Å²) in [5, 5.41) is 11.3. The van der Waals surface area contributed by atoms with Crippen LogP contribution < -0.4 is 9.47 Å². The van der Waals surface area contributed by atoms with Gasteiger partial charge in [-0.25, -0.2) is 9.48 Å². The Hall–Kier alpha value is -2.64. The molecule has 0 saturated heterocycles. The summed E-state index contributed by atoms with van der Waals surface area (Å²) in [5.74, 6) is 1.71. The van der Waals surface area contributed by atoms with Gasteiger partial charge in [-0.1, -0.05) is 20.8 Å². The van der Waals surface area contributed by atoms with E-state index in [9.17, 15) is 4.79 Å². The predicted octanol–water partition coefficient (Wildman–Crippen LogP) is 2.87. The molecule has 142 valence electrons. The van der Waals surface area contributed by atoms with E-state index in [1.807, 2.05) is 6.92 Å². The second-order valence-corrected chi connectivity index (χ2v) is 6.29. The van der Waals surface area contributed by atoms with Crippen molar-refractivity contribution in [3.8, 4) is 11.5 Å². The minimum absolute atomic E-state index is 0.0147. The molecule has 26 heavy (non-hydrogen) atoms. The van der Waals surface area contributed by atoms with Gasteiger partial charge < -0.3 is 14.2 Å². The van der Waals surface area contributed by atoms with Crippen LogP contribution >= 0.6 is 0 Å². The molecule has 2 aromatic rings. The molecule has 0 atom stereocenters. The number of carbonyl (C=O) groups excluding carboxylic acids is 1. The van der Waals surface area contributed by atoms with Gasteiger partial charge in [0.1, 0.15) is 0 Å². The average molecular weight is 362 g/mol. The number of hydrogen-bond acceptors (Lipinski definition) is 7. The molecule has 2 rings (SSSR count). The highest BCUT2D eigenvalue weighted by Gasteiger charge is 2.14. The third-order valence-corrected chi connectivity index (χ3v) is 3.73.